The number of hydrogen-bond acceptors (Lipinski definition) is 2. The number of β-lactam (4-membered cyclic amide) rings is 1. The van der Waals surface area contributed by atoms with E-state index in [1.54, 1.807) is 0 Å². The Balaban J connectivity index is 1.92. The highest BCUT2D eigenvalue weighted by Crippen LogP contribution is 2.39. The third kappa shape index (κ3) is 2.35. The lowest BCUT2D eigenvalue weighted by molar-refractivity contribution is -0.163. The zero-order chi connectivity index (χ0) is 12.5. The van der Waals surface area contributed by atoms with Crippen molar-refractivity contribution < 1.29 is 4.79 Å². The molecule has 0 bridgehead atoms. The Kier molecular flexibility index (Phi) is 3.76. The molecular formula is C14H26N2O. The number of likely N-dealkylation sites (tertiary alicyclic amines) is 2. The summed E-state index contributed by atoms with van der Waals surface area (Å²) in [5.74, 6) is 1.19. The first-order valence-electron chi connectivity index (χ1n) is 7.09. The molecule has 3 heteroatoms. The van der Waals surface area contributed by atoms with Gasteiger partial charge in [0.15, 0.2) is 0 Å². The average molecular weight is 238 g/mol. The van der Waals surface area contributed by atoms with Crippen molar-refractivity contribution in [1.29, 1.82) is 0 Å². The molecule has 0 aliphatic carbocycles. The summed E-state index contributed by atoms with van der Waals surface area (Å²) in [6.07, 6.45) is 4.82. The van der Waals surface area contributed by atoms with E-state index in [0.717, 1.165) is 25.4 Å². The van der Waals surface area contributed by atoms with Gasteiger partial charge >= 0.3 is 0 Å². The van der Waals surface area contributed by atoms with Crippen LogP contribution in [0, 0.1) is 11.3 Å². The maximum atomic E-state index is 12.0. The van der Waals surface area contributed by atoms with Crippen LogP contribution >= 0.6 is 0 Å². The summed E-state index contributed by atoms with van der Waals surface area (Å²) in [5.41, 5.74) is -0.000959. The average Bonchev–Trinajstić information content (AvgIpc) is 2.36. The van der Waals surface area contributed by atoms with Gasteiger partial charge in [0.1, 0.15) is 0 Å². The highest BCUT2D eigenvalue weighted by Gasteiger charge is 2.52. The van der Waals surface area contributed by atoms with E-state index in [1.807, 2.05) is 11.9 Å². The summed E-state index contributed by atoms with van der Waals surface area (Å²) in [6, 6.07) is 0. The molecule has 0 saturated carbocycles. The molecule has 2 fully saturated rings. The zero-order valence-electron chi connectivity index (χ0n) is 11.5. The number of piperidine rings is 1. The fourth-order valence-corrected chi connectivity index (χ4v) is 3.51. The fraction of sp³-hybridized carbons (Fsp3) is 0.929. The zero-order valence-corrected chi connectivity index (χ0v) is 11.5. The van der Waals surface area contributed by atoms with E-state index < -0.39 is 0 Å². The monoisotopic (exact) mass is 238 g/mol. The van der Waals surface area contributed by atoms with Crippen molar-refractivity contribution >= 4 is 5.91 Å². The minimum atomic E-state index is -0.000959. The van der Waals surface area contributed by atoms with Gasteiger partial charge in [0.25, 0.3) is 0 Å². The molecule has 1 amide bonds. The van der Waals surface area contributed by atoms with E-state index >= 15 is 0 Å². The molecule has 1 spiro atoms. The maximum Gasteiger partial charge on any atom is 0.231 e. The summed E-state index contributed by atoms with van der Waals surface area (Å²) in [7, 11) is 1.92. The lowest BCUT2D eigenvalue weighted by Gasteiger charge is -2.52. The molecule has 3 nitrogen and oxygen atoms in total. The van der Waals surface area contributed by atoms with E-state index in [-0.39, 0.29) is 5.41 Å². The van der Waals surface area contributed by atoms with E-state index in [2.05, 4.69) is 18.7 Å². The van der Waals surface area contributed by atoms with E-state index in [4.69, 9.17) is 0 Å². The van der Waals surface area contributed by atoms with Crippen LogP contribution in [0.4, 0.5) is 0 Å². The molecule has 1 atom stereocenters. The molecule has 0 radical (unpaired) electrons. The number of nitrogens with zero attached hydrogens (tertiary/aromatic N) is 2. The Bertz CT molecular complexity index is 284. The molecule has 2 heterocycles. The second-order valence-corrected chi connectivity index (χ2v) is 5.96. The first-order chi connectivity index (χ1) is 8.11. The van der Waals surface area contributed by atoms with Gasteiger partial charge in [-0.1, -0.05) is 26.7 Å². The molecule has 2 saturated heterocycles. The third-order valence-corrected chi connectivity index (χ3v) is 4.67. The van der Waals surface area contributed by atoms with Crippen LogP contribution in [0.1, 0.15) is 39.5 Å². The van der Waals surface area contributed by atoms with Gasteiger partial charge in [-0.05, 0) is 25.3 Å². The van der Waals surface area contributed by atoms with Crippen LogP contribution in [0.5, 0.6) is 0 Å². The van der Waals surface area contributed by atoms with Gasteiger partial charge in [0.2, 0.25) is 5.91 Å². The Morgan fingerprint density at radius 1 is 1.29 bits per heavy atom. The second kappa shape index (κ2) is 4.97. The Morgan fingerprint density at radius 3 is 2.53 bits per heavy atom. The molecule has 0 aromatic heterocycles. The van der Waals surface area contributed by atoms with Gasteiger partial charge in [-0.3, -0.25) is 4.79 Å². The lowest BCUT2D eigenvalue weighted by Crippen LogP contribution is -2.65. The van der Waals surface area contributed by atoms with Crippen molar-refractivity contribution in [1.82, 2.24) is 9.80 Å². The minimum Gasteiger partial charge on any atom is -0.344 e. The van der Waals surface area contributed by atoms with Crippen molar-refractivity contribution in [2.75, 3.05) is 33.2 Å². The van der Waals surface area contributed by atoms with Crippen molar-refractivity contribution in [3.8, 4) is 0 Å². The molecule has 0 N–H and O–H groups in total. The van der Waals surface area contributed by atoms with Gasteiger partial charge in [0.05, 0.1) is 5.41 Å². The standard InChI is InChI=1S/C14H26N2O/c1-4-12(5-2)9-16-8-6-7-14(11-16)10-15(3)13(14)17/h12H,4-11H2,1-3H3/t14-/m1/s1. The van der Waals surface area contributed by atoms with Crippen molar-refractivity contribution in [2.24, 2.45) is 11.3 Å². The predicted molar refractivity (Wildman–Crippen MR) is 69.8 cm³/mol. The van der Waals surface area contributed by atoms with E-state index in [0.29, 0.717) is 5.91 Å². The molecule has 2 aliphatic heterocycles. The van der Waals surface area contributed by atoms with Crippen molar-refractivity contribution in [3.05, 3.63) is 0 Å². The maximum absolute atomic E-state index is 12.0. The van der Waals surface area contributed by atoms with Gasteiger partial charge in [-0.25, -0.2) is 0 Å². The first kappa shape index (κ1) is 12.9. The van der Waals surface area contributed by atoms with Crippen LogP contribution in [-0.2, 0) is 4.79 Å². The third-order valence-electron chi connectivity index (χ3n) is 4.67. The summed E-state index contributed by atoms with van der Waals surface area (Å²) in [5, 5.41) is 0. The minimum absolute atomic E-state index is 0.000959. The molecule has 0 aromatic carbocycles. The number of amides is 1. The number of carbonyl (C=O) groups excluding carboxylic acids is 1. The van der Waals surface area contributed by atoms with E-state index in [9.17, 15) is 4.79 Å². The Morgan fingerprint density at radius 2 is 2.00 bits per heavy atom. The first-order valence-corrected chi connectivity index (χ1v) is 7.09. The van der Waals surface area contributed by atoms with Gasteiger partial charge in [0, 0.05) is 26.7 Å². The molecule has 0 aromatic rings. The Hall–Kier alpha value is -0.570. The topological polar surface area (TPSA) is 23.6 Å². The van der Waals surface area contributed by atoms with Crippen molar-refractivity contribution in [2.45, 2.75) is 39.5 Å². The van der Waals surface area contributed by atoms with Crippen LogP contribution in [0.15, 0.2) is 0 Å². The highest BCUT2D eigenvalue weighted by atomic mass is 16.2. The van der Waals surface area contributed by atoms with Gasteiger partial charge in [-0.2, -0.15) is 0 Å². The molecular weight excluding hydrogens is 212 g/mol. The van der Waals surface area contributed by atoms with E-state index in [1.165, 1.54) is 32.4 Å². The largest absolute Gasteiger partial charge is 0.344 e. The van der Waals surface area contributed by atoms with Crippen molar-refractivity contribution in [3.63, 3.8) is 0 Å². The van der Waals surface area contributed by atoms with Crippen LogP contribution in [0.25, 0.3) is 0 Å². The fourth-order valence-electron chi connectivity index (χ4n) is 3.51. The molecule has 0 unspecified atom stereocenters. The lowest BCUT2D eigenvalue weighted by atomic mass is 9.72. The SMILES string of the molecule is CCC(CC)CN1CCC[C@]2(C1)CN(C)C2=O. The summed E-state index contributed by atoms with van der Waals surface area (Å²) >= 11 is 0. The van der Waals surface area contributed by atoms with Crippen LogP contribution in [-0.4, -0.2) is 48.9 Å². The number of hydrogen-bond donors (Lipinski definition) is 0. The Labute approximate surface area is 105 Å². The summed E-state index contributed by atoms with van der Waals surface area (Å²) in [4.78, 5) is 16.4. The highest BCUT2D eigenvalue weighted by molar-refractivity contribution is 5.88. The van der Waals surface area contributed by atoms with Crippen LogP contribution < -0.4 is 0 Å². The summed E-state index contributed by atoms with van der Waals surface area (Å²) < 4.78 is 0. The number of rotatable bonds is 4. The molecule has 98 valence electrons. The summed E-state index contributed by atoms with van der Waals surface area (Å²) in [6.45, 7) is 8.91. The van der Waals surface area contributed by atoms with Gasteiger partial charge in [-0.15, -0.1) is 0 Å². The predicted octanol–water partition coefficient (Wildman–Crippen LogP) is 1.98. The number of carbonyl (C=O) groups is 1. The molecule has 2 rings (SSSR count). The van der Waals surface area contributed by atoms with Crippen LogP contribution in [0.2, 0.25) is 0 Å². The molecule has 2 aliphatic rings. The smallest absolute Gasteiger partial charge is 0.231 e. The van der Waals surface area contributed by atoms with Gasteiger partial charge < -0.3 is 9.80 Å². The quantitative estimate of drug-likeness (QED) is 0.699. The van der Waals surface area contributed by atoms with Crippen LogP contribution in [0.3, 0.4) is 0 Å². The molecule has 17 heavy (non-hydrogen) atoms. The normalized spacial score (nSPS) is 30.1. The second-order valence-electron chi connectivity index (χ2n) is 5.96.